The molecule has 0 spiro atoms. The van der Waals surface area contributed by atoms with Gasteiger partial charge in [-0.05, 0) is 60.2 Å². The normalized spacial score (nSPS) is 17.1. The zero-order chi connectivity index (χ0) is 25.9. The Morgan fingerprint density at radius 1 is 1.03 bits per heavy atom. The Hall–Kier alpha value is -3.82. The summed E-state index contributed by atoms with van der Waals surface area (Å²) in [7, 11) is 0. The molecule has 0 saturated carbocycles. The summed E-state index contributed by atoms with van der Waals surface area (Å²) in [6.45, 7) is 8.58. The zero-order valence-electron chi connectivity index (χ0n) is 21.7. The van der Waals surface area contributed by atoms with Crippen LogP contribution < -0.4 is 10.2 Å². The molecule has 4 aromatic rings. The number of hydrogen-bond donors (Lipinski definition) is 2. The third-order valence-electron chi connectivity index (χ3n) is 7.53. The molecule has 0 aliphatic carbocycles. The third kappa shape index (κ3) is 5.39. The lowest BCUT2D eigenvalue weighted by atomic mass is 9.99. The predicted octanol–water partition coefficient (Wildman–Crippen LogP) is 4.34. The highest BCUT2D eigenvalue weighted by molar-refractivity contribution is 6.11. The molecule has 2 fully saturated rings. The number of carbonyl (C=O) groups is 1. The minimum atomic E-state index is -0.269. The predicted molar refractivity (Wildman–Crippen MR) is 148 cm³/mol. The summed E-state index contributed by atoms with van der Waals surface area (Å²) in [5.41, 5.74) is 4.97. The maximum absolute atomic E-state index is 13.2. The number of aromatic nitrogens is 4. The van der Waals surface area contributed by atoms with Gasteiger partial charge in [0.25, 0.3) is 5.91 Å². The van der Waals surface area contributed by atoms with Crippen molar-refractivity contribution in [3.05, 3.63) is 66.2 Å². The van der Waals surface area contributed by atoms with Gasteiger partial charge in [-0.2, -0.15) is 5.10 Å². The SMILES string of the molecule is CC1CCN(c2ccc(NC(=O)c3n[nH]c4ccc(-c5cncc(CN6CCOCC6)c5)cc34)cn2)CC1. The van der Waals surface area contributed by atoms with Gasteiger partial charge in [0.15, 0.2) is 5.69 Å². The Kier molecular flexibility index (Phi) is 7.02. The number of fused-ring (bicyclic) bond motifs is 1. The topological polar surface area (TPSA) is 99.3 Å². The number of ether oxygens (including phenoxy) is 1. The molecule has 2 N–H and O–H groups in total. The van der Waals surface area contributed by atoms with E-state index in [2.05, 4.69) is 48.3 Å². The van der Waals surface area contributed by atoms with Crippen molar-refractivity contribution in [2.24, 2.45) is 5.92 Å². The highest BCUT2D eigenvalue weighted by Crippen LogP contribution is 2.27. The lowest BCUT2D eigenvalue weighted by molar-refractivity contribution is 0.0341. The number of anilines is 2. The molecule has 1 aromatic carbocycles. The minimum absolute atomic E-state index is 0.269. The maximum atomic E-state index is 13.2. The third-order valence-corrected chi connectivity index (χ3v) is 7.53. The summed E-state index contributed by atoms with van der Waals surface area (Å²) < 4.78 is 5.46. The van der Waals surface area contributed by atoms with Gasteiger partial charge in [-0.3, -0.25) is 19.8 Å². The monoisotopic (exact) mass is 511 g/mol. The van der Waals surface area contributed by atoms with E-state index in [-0.39, 0.29) is 5.91 Å². The highest BCUT2D eigenvalue weighted by atomic mass is 16.5. The van der Waals surface area contributed by atoms with Crippen LogP contribution in [0.15, 0.2) is 55.0 Å². The number of carbonyl (C=O) groups excluding carboxylic acids is 1. The van der Waals surface area contributed by atoms with Crippen LogP contribution in [-0.4, -0.2) is 70.4 Å². The number of piperidine rings is 1. The van der Waals surface area contributed by atoms with Crippen LogP contribution in [0.5, 0.6) is 0 Å². The smallest absolute Gasteiger partial charge is 0.276 e. The molecule has 6 rings (SSSR count). The molecule has 0 unspecified atom stereocenters. The second-order valence-corrected chi connectivity index (χ2v) is 10.3. The van der Waals surface area contributed by atoms with Gasteiger partial charge in [0, 0.05) is 56.1 Å². The van der Waals surface area contributed by atoms with Crippen molar-refractivity contribution < 1.29 is 9.53 Å². The number of pyridine rings is 2. The molecule has 196 valence electrons. The maximum Gasteiger partial charge on any atom is 0.276 e. The van der Waals surface area contributed by atoms with Crippen molar-refractivity contribution in [1.82, 2.24) is 25.1 Å². The summed E-state index contributed by atoms with van der Waals surface area (Å²) in [5.74, 6) is 1.45. The molecule has 0 bridgehead atoms. The Labute approximate surface area is 222 Å². The van der Waals surface area contributed by atoms with Gasteiger partial charge in [0.1, 0.15) is 5.82 Å². The second-order valence-electron chi connectivity index (χ2n) is 10.3. The van der Waals surface area contributed by atoms with E-state index in [0.29, 0.717) is 11.4 Å². The van der Waals surface area contributed by atoms with Crippen molar-refractivity contribution in [2.45, 2.75) is 26.3 Å². The van der Waals surface area contributed by atoms with E-state index in [0.717, 1.165) is 85.3 Å². The minimum Gasteiger partial charge on any atom is -0.379 e. The van der Waals surface area contributed by atoms with Crippen molar-refractivity contribution in [3.8, 4) is 11.1 Å². The Bertz CT molecular complexity index is 1400. The summed E-state index contributed by atoms with van der Waals surface area (Å²) in [5, 5.41) is 11.0. The largest absolute Gasteiger partial charge is 0.379 e. The average molecular weight is 512 g/mol. The first kappa shape index (κ1) is 24.5. The van der Waals surface area contributed by atoms with Crippen LogP contribution in [0.2, 0.25) is 0 Å². The van der Waals surface area contributed by atoms with Crippen LogP contribution in [0.25, 0.3) is 22.0 Å². The average Bonchev–Trinajstić information content (AvgIpc) is 3.38. The quantitative estimate of drug-likeness (QED) is 0.397. The van der Waals surface area contributed by atoms with E-state index in [4.69, 9.17) is 4.74 Å². The molecule has 0 atom stereocenters. The first-order valence-corrected chi connectivity index (χ1v) is 13.4. The van der Waals surface area contributed by atoms with Gasteiger partial charge in [-0.1, -0.05) is 13.0 Å². The first-order chi connectivity index (χ1) is 18.6. The van der Waals surface area contributed by atoms with E-state index in [9.17, 15) is 4.79 Å². The molecule has 9 heteroatoms. The molecule has 5 heterocycles. The Morgan fingerprint density at radius 3 is 2.66 bits per heavy atom. The molecular weight excluding hydrogens is 478 g/mol. The number of benzene rings is 1. The number of aromatic amines is 1. The number of amides is 1. The summed E-state index contributed by atoms with van der Waals surface area (Å²) >= 11 is 0. The van der Waals surface area contributed by atoms with Crippen LogP contribution in [-0.2, 0) is 11.3 Å². The van der Waals surface area contributed by atoms with Gasteiger partial charge in [0.2, 0.25) is 0 Å². The van der Waals surface area contributed by atoms with Crippen molar-refractivity contribution >= 4 is 28.3 Å². The molecular formula is C29H33N7O2. The number of hydrogen-bond acceptors (Lipinski definition) is 7. The summed E-state index contributed by atoms with van der Waals surface area (Å²) in [6, 6.07) is 12.0. The molecule has 2 aliphatic heterocycles. The number of nitrogens with zero attached hydrogens (tertiary/aromatic N) is 5. The van der Waals surface area contributed by atoms with E-state index in [1.807, 2.05) is 42.7 Å². The molecule has 3 aromatic heterocycles. The van der Waals surface area contributed by atoms with Gasteiger partial charge < -0.3 is 15.0 Å². The fraction of sp³-hybridized carbons (Fsp3) is 0.379. The van der Waals surface area contributed by atoms with Crippen LogP contribution in [0.3, 0.4) is 0 Å². The van der Waals surface area contributed by atoms with Crippen molar-refractivity contribution in [1.29, 1.82) is 0 Å². The Morgan fingerprint density at radius 2 is 1.87 bits per heavy atom. The first-order valence-electron chi connectivity index (χ1n) is 13.4. The highest BCUT2D eigenvalue weighted by Gasteiger charge is 2.19. The van der Waals surface area contributed by atoms with Gasteiger partial charge in [0.05, 0.1) is 30.6 Å². The molecule has 1 amide bonds. The fourth-order valence-corrected chi connectivity index (χ4v) is 5.19. The van der Waals surface area contributed by atoms with Crippen LogP contribution in [0.4, 0.5) is 11.5 Å². The number of rotatable bonds is 6. The van der Waals surface area contributed by atoms with E-state index >= 15 is 0 Å². The van der Waals surface area contributed by atoms with Gasteiger partial charge in [-0.25, -0.2) is 4.98 Å². The number of nitrogens with one attached hydrogen (secondary N) is 2. The molecule has 0 radical (unpaired) electrons. The number of H-pyrrole nitrogens is 1. The lowest BCUT2D eigenvalue weighted by Gasteiger charge is -2.31. The van der Waals surface area contributed by atoms with Crippen LogP contribution >= 0.6 is 0 Å². The second kappa shape index (κ2) is 10.9. The van der Waals surface area contributed by atoms with Crippen LogP contribution in [0, 0.1) is 5.92 Å². The molecule has 9 nitrogen and oxygen atoms in total. The number of morpholine rings is 1. The van der Waals surface area contributed by atoms with Crippen molar-refractivity contribution in [3.63, 3.8) is 0 Å². The zero-order valence-corrected chi connectivity index (χ0v) is 21.7. The van der Waals surface area contributed by atoms with Crippen LogP contribution in [0.1, 0.15) is 35.8 Å². The molecule has 38 heavy (non-hydrogen) atoms. The van der Waals surface area contributed by atoms with Crippen molar-refractivity contribution in [2.75, 3.05) is 49.6 Å². The Balaban J connectivity index is 1.17. The standard InChI is InChI=1S/C29H33N7O2/c1-20-6-8-36(9-7-20)27-5-3-24(18-31-27)32-29(37)28-25-15-22(2-4-26(25)33-34-28)23-14-21(16-30-17-23)19-35-10-12-38-13-11-35/h2-5,14-18,20H,6-13,19H2,1H3,(H,32,37)(H,33,34). The van der Waals surface area contributed by atoms with E-state index in [1.54, 1.807) is 6.20 Å². The van der Waals surface area contributed by atoms with E-state index in [1.165, 1.54) is 12.8 Å². The summed E-state index contributed by atoms with van der Waals surface area (Å²) in [6.07, 6.45) is 7.86. The van der Waals surface area contributed by atoms with Gasteiger partial charge in [-0.15, -0.1) is 0 Å². The van der Waals surface area contributed by atoms with E-state index < -0.39 is 0 Å². The van der Waals surface area contributed by atoms with Gasteiger partial charge >= 0.3 is 0 Å². The molecule has 2 aliphatic rings. The summed E-state index contributed by atoms with van der Waals surface area (Å²) in [4.78, 5) is 26.9. The lowest BCUT2D eigenvalue weighted by Crippen LogP contribution is -2.35. The fourth-order valence-electron chi connectivity index (χ4n) is 5.19. The molecule has 2 saturated heterocycles.